The van der Waals surface area contributed by atoms with Crippen molar-refractivity contribution in [2.24, 2.45) is 0 Å². The number of benzene rings is 1. The first-order chi connectivity index (χ1) is 9.65. The summed E-state index contributed by atoms with van der Waals surface area (Å²) in [5.41, 5.74) is 2.32. The topological polar surface area (TPSA) is 45.5 Å². The average molecular weight is 335 g/mol. The molecule has 1 aromatic carbocycles. The molecule has 104 valence electrons. The monoisotopic (exact) mass is 334 g/mol. The van der Waals surface area contributed by atoms with Crippen molar-refractivity contribution in [3.05, 3.63) is 52.4 Å². The lowest BCUT2D eigenvalue weighted by Crippen LogP contribution is -2.36. The molecule has 1 aliphatic heterocycles. The van der Waals surface area contributed by atoms with E-state index >= 15 is 0 Å². The van der Waals surface area contributed by atoms with Gasteiger partial charge in [-0.3, -0.25) is 4.79 Å². The molecule has 20 heavy (non-hydrogen) atoms. The number of nitrogens with zero attached hydrogens (tertiary/aromatic N) is 1. The van der Waals surface area contributed by atoms with Crippen LogP contribution in [0.25, 0.3) is 0 Å². The third-order valence-electron chi connectivity index (χ3n) is 3.58. The largest absolute Gasteiger partial charge is 0.444 e. The molecule has 1 aromatic heterocycles. The van der Waals surface area contributed by atoms with Crippen LogP contribution in [0.2, 0.25) is 0 Å². The number of rotatable bonds is 2. The van der Waals surface area contributed by atoms with Gasteiger partial charge in [0, 0.05) is 19.3 Å². The molecule has 3 rings (SSSR count). The van der Waals surface area contributed by atoms with Crippen molar-refractivity contribution < 1.29 is 9.21 Å². The van der Waals surface area contributed by atoms with Crippen LogP contribution < -0.4 is 10.2 Å². The predicted molar refractivity (Wildman–Crippen MR) is 80.9 cm³/mol. The van der Waals surface area contributed by atoms with Crippen molar-refractivity contribution in [1.82, 2.24) is 5.32 Å². The van der Waals surface area contributed by atoms with Crippen LogP contribution >= 0.6 is 15.9 Å². The molecule has 0 aliphatic carbocycles. The molecule has 1 N–H and O–H groups in total. The molecule has 0 fully saturated rings. The first kappa shape index (κ1) is 13.2. The normalized spacial score (nSPS) is 17.7. The Kier molecular flexibility index (Phi) is 3.53. The number of furan rings is 1. The van der Waals surface area contributed by atoms with Gasteiger partial charge in [-0.05, 0) is 46.1 Å². The van der Waals surface area contributed by atoms with Gasteiger partial charge in [0.2, 0.25) is 0 Å². The van der Waals surface area contributed by atoms with Gasteiger partial charge in [-0.1, -0.05) is 18.2 Å². The number of amides is 1. The van der Waals surface area contributed by atoms with Crippen LogP contribution in [-0.4, -0.2) is 19.5 Å². The maximum atomic E-state index is 12.2. The highest BCUT2D eigenvalue weighted by Crippen LogP contribution is 2.32. The first-order valence-corrected chi connectivity index (χ1v) is 7.31. The van der Waals surface area contributed by atoms with Crippen LogP contribution in [0.1, 0.15) is 28.6 Å². The summed E-state index contributed by atoms with van der Waals surface area (Å²) in [6, 6.07) is 11.6. The van der Waals surface area contributed by atoms with E-state index in [1.807, 2.05) is 12.1 Å². The van der Waals surface area contributed by atoms with Crippen LogP contribution in [0.4, 0.5) is 5.69 Å². The number of halogens is 1. The molecule has 2 aromatic rings. The van der Waals surface area contributed by atoms with Gasteiger partial charge in [-0.2, -0.15) is 0 Å². The van der Waals surface area contributed by atoms with Gasteiger partial charge in [0.25, 0.3) is 5.91 Å². The van der Waals surface area contributed by atoms with E-state index in [2.05, 4.69) is 45.3 Å². The zero-order valence-corrected chi connectivity index (χ0v) is 12.7. The van der Waals surface area contributed by atoms with E-state index in [9.17, 15) is 4.79 Å². The molecule has 0 spiro atoms. The minimum Gasteiger partial charge on any atom is -0.444 e. The fourth-order valence-corrected chi connectivity index (χ4v) is 2.85. The molecule has 2 heterocycles. The van der Waals surface area contributed by atoms with Crippen LogP contribution in [0.15, 0.2) is 45.5 Å². The van der Waals surface area contributed by atoms with E-state index in [4.69, 9.17) is 4.42 Å². The Labute approximate surface area is 125 Å². The van der Waals surface area contributed by atoms with Gasteiger partial charge in [0.05, 0.1) is 6.04 Å². The van der Waals surface area contributed by atoms with E-state index in [1.165, 1.54) is 5.69 Å². The van der Waals surface area contributed by atoms with Crippen molar-refractivity contribution in [1.29, 1.82) is 0 Å². The van der Waals surface area contributed by atoms with E-state index in [1.54, 1.807) is 12.1 Å². The molecule has 1 aliphatic rings. The van der Waals surface area contributed by atoms with Crippen molar-refractivity contribution in [2.75, 3.05) is 18.5 Å². The maximum absolute atomic E-state index is 12.2. The number of hydrogen-bond donors (Lipinski definition) is 1. The second-order valence-electron chi connectivity index (χ2n) is 4.90. The van der Waals surface area contributed by atoms with Crippen molar-refractivity contribution in [2.45, 2.75) is 12.5 Å². The Morgan fingerprint density at radius 1 is 1.35 bits per heavy atom. The lowest BCUT2D eigenvalue weighted by Gasteiger charge is -2.33. The number of nitrogens with one attached hydrogen (secondary N) is 1. The second kappa shape index (κ2) is 5.32. The molecule has 0 saturated carbocycles. The number of carbonyl (C=O) groups is 1. The Morgan fingerprint density at radius 3 is 2.90 bits per heavy atom. The molecule has 4 nitrogen and oxygen atoms in total. The summed E-state index contributed by atoms with van der Waals surface area (Å²) in [6.07, 6.45) is 0.890. The summed E-state index contributed by atoms with van der Waals surface area (Å²) in [7, 11) is 2.07. The Balaban J connectivity index is 1.82. The van der Waals surface area contributed by atoms with E-state index < -0.39 is 0 Å². The third-order valence-corrected chi connectivity index (χ3v) is 4.01. The number of anilines is 1. The first-order valence-electron chi connectivity index (χ1n) is 6.51. The molecule has 0 radical (unpaired) electrons. The molecule has 1 amide bonds. The molecule has 0 bridgehead atoms. The van der Waals surface area contributed by atoms with Gasteiger partial charge in [-0.25, -0.2) is 0 Å². The summed E-state index contributed by atoms with van der Waals surface area (Å²) < 4.78 is 5.85. The van der Waals surface area contributed by atoms with Gasteiger partial charge in [0.1, 0.15) is 0 Å². The summed E-state index contributed by atoms with van der Waals surface area (Å²) in [5.74, 6) is 0.147. The molecule has 1 atom stereocenters. The molecule has 1 unspecified atom stereocenters. The van der Waals surface area contributed by atoms with Crippen LogP contribution in [0.3, 0.4) is 0 Å². The highest BCUT2D eigenvalue weighted by atomic mass is 79.9. The van der Waals surface area contributed by atoms with Crippen LogP contribution in [0, 0.1) is 0 Å². The molecule has 5 heteroatoms. The Bertz CT molecular complexity index is 638. The SMILES string of the molecule is CN1CCC(NC(=O)c2ccc(Br)o2)c2ccccc21. The van der Waals surface area contributed by atoms with E-state index in [0.29, 0.717) is 10.4 Å². The summed E-state index contributed by atoms with van der Waals surface area (Å²) in [6.45, 7) is 0.920. The fourth-order valence-electron chi connectivity index (χ4n) is 2.54. The number of para-hydroxylation sites is 1. The van der Waals surface area contributed by atoms with Crippen LogP contribution in [0.5, 0.6) is 0 Å². The Hall–Kier alpha value is -1.75. The number of fused-ring (bicyclic) bond motifs is 1. The summed E-state index contributed by atoms with van der Waals surface area (Å²) in [4.78, 5) is 14.4. The van der Waals surface area contributed by atoms with Gasteiger partial charge < -0.3 is 14.6 Å². The fraction of sp³-hybridized carbons (Fsp3) is 0.267. The van der Waals surface area contributed by atoms with Gasteiger partial charge >= 0.3 is 0 Å². The van der Waals surface area contributed by atoms with E-state index in [-0.39, 0.29) is 11.9 Å². The van der Waals surface area contributed by atoms with E-state index in [0.717, 1.165) is 18.5 Å². The van der Waals surface area contributed by atoms with Gasteiger partial charge in [0.15, 0.2) is 10.4 Å². The standard InChI is InChI=1S/C15H15BrN2O2/c1-18-9-8-11(10-4-2-3-5-12(10)18)17-15(19)13-6-7-14(16)20-13/h2-7,11H,8-9H2,1H3,(H,17,19). The maximum Gasteiger partial charge on any atom is 0.287 e. The number of carbonyl (C=O) groups excluding carboxylic acids is 1. The zero-order chi connectivity index (χ0) is 14.1. The predicted octanol–water partition coefficient (Wildman–Crippen LogP) is 3.35. The van der Waals surface area contributed by atoms with Crippen molar-refractivity contribution in [3.63, 3.8) is 0 Å². The van der Waals surface area contributed by atoms with Crippen molar-refractivity contribution in [3.8, 4) is 0 Å². The second-order valence-corrected chi connectivity index (χ2v) is 5.68. The molecule has 0 saturated heterocycles. The summed E-state index contributed by atoms with van der Waals surface area (Å²) >= 11 is 3.21. The zero-order valence-electron chi connectivity index (χ0n) is 11.1. The quantitative estimate of drug-likeness (QED) is 0.915. The smallest absolute Gasteiger partial charge is 0.287 e. The summed E-state index contributed by atoms with van der Waals surface area (Å²) in [5, 5.41) is 3.05. The molecular formula is C15H15BrN2O2. The minimum absolute atomic E-state index is 0.0266. The highest BCUT2D eigenvalue weighted by molar-refractivity contribution is 9.10. The van der Waals surface area contributed by atoms with Crippen LogP contribution in [-0.2, 0) is 0 Å². The van der Waals surface area contributed by atoms with Crippen molar-refractivity contribution >= 4 is 27.5 Å². The third kappa shape index (κ3) is 2.45. The Morgan fingerprint density at radius 2 is 2.15 bits per heavy atom. The number of hydrogen-bond acceptors (Lipinski definition) is 3. The lowest BCUT2D eigenvalue weighted by atomic mass is 9.96. The minimum atomic E-state index is -0.181. The average Bonchev–Trinajstić information content (AvgIpc) is 2.89. The van der Waals surface area contributed by atoms with Gasteiger partial charge in [-0.15, -0.1) is 0 Å². The highest BCUT2D eigenvalue weighted by Gasteiger charge is 2.25. The lowest BCUT2D eigenvalue weighted by molar-refractivity contribution is 0.0905. The molecular weight excluding hydrogens is 320 g/mol.